The highest BCUT2D eigenvalue weighted by Crippen LogP contribution is 2.26. The van der Waals surface area contributed by atoms with Crippen LogP contribution in [-0.2, 0) is 11.3 Å². The van der Waals surface area contributed by atoms with E-state index in [0.29, 0.717) is 13.0 Å². The zero-order valence-electron chi connectivity index (χ0n) is 13.6. The number of carbonyl (C=O) groups excluding carboxylic acids is 1. The summed E-state index contributed by atoms with van der Waals surface area (Å²) < 4.78 is 13.5. The summed E-state index contributed by atoms with van der Waals surface area (Å²) in [7, 11) is 0. The maximum Gasteiger partial charge on any atom is 0.220 e. The van der Waals surface area contributed by atoms with Crippen molar-refractivity contribution in [3.05, 3.63) is 65.5 Å². The first kappa shape index (κ1) is 17.0. The van der Waals surface area contributed by atoms with Gasteiger partial charge >= 0.3 is 0 Å². The lowest BCUT2D eigenvalue weighted by Gasteiger charge is -2.33. The first-order valence-corrected chi connectivity index (χ1v) is 9.30. The van der Waals surface area contributed by atoms with E-state index in [1.54, 1.807) is 17.8 Å². The number of piperidine rings is 1. The van der Waals surface area contributed by atoms with E-state index in [1.165, 1.54) is 6.07 Å². The maximum atomic E-state index is 13.5. The second-order valence-electron chi connectivity index (χ2n) is 5.94. The van der Waals surface area contributed by atoms with Crippen molar-refractivity contribution in [1.82, 2.24) is 10.6 Å². The van der Waals surface area contributed by atoms with Crippen LogP contribution in [0.25, 0.3) is 0 Å². The third-order valence-electron chi connectivity index (χ3n) is 4.36. The van der Waals surface area contributed by atoms with E-state index in [9.17, 15) is 9.18 Å². The third kappa shape index (κ3) is 3.97. The van der Waals surface area contributed by atoms with Crippen molar-refractivity contribution in [1.29, 1.82) is 0 Å². The fraction of sp³-hybridized carbons (Fsp3) is 0.316. The van der Waals surface area contributed by atoms with Crippen LogP contribution in [0.2, 0.25) is 0 Å². The topological polar surface area (TPSA) is 41.1 Å². The zero-order chi connectivity index (χ0) is 16.9. The molecule has 24 heavy (non-hydrogen) atoms. The largest absolute Gasteiger partial charge is 0.348 e. The van der Waals surface area contributed by atoms with Gasteiger partial charge in [-0.05, 0) is 42.0 Å². The highest BCUT2D eigenvalue weighted by atomic mass is 32.2. The lowest BCUT2D eigenvalue weighted by molar-refractivity contribution is -0.123. The molecule has 3 rings (SSSR count). The highest BCUT2D eigenvalue weighted by Gasteiger charge is 2.29. The SMILES string of the molecule is CSc1ccc(F)cc1CN[C@@H]1CCC(=O)N[C@@H]1c1ccccc1. The summed E-state index contributed by atoms with van der Waals surface area (Å²) in [5, 5.41) is 6.59. The minimum atomic E-state index is -0.221. The monoisotopic (exact) mass is 344 g/mol. The van der Waals surface area contributed by atoms with Gasteiger partial charge in [0.05, 0.1) is 6.04 Å². The molecule has 1 saturated heterocycles. The first-order chi connectivity index (χ1) is 11.7. The van der Waals surface area contributed by atoms with Crippen molar-refractivity contribution < 1.29 is 9.18 Å². The van der Waals surface area contributed by atoms with Crippen molar-refractivity contribution >= 4 is 17.7 Å². The summed E-state index contributed by atoms with van der Waals surface area (Å²) in [6.07, 6.45) is 3.28. The second kappa shape index (κ2) is 7.81. The van der Waals surface area contributed by atoms with Crippen LogP contribution in [0.4, 0.5) is 4.39 Å². The van der Waals surface area contributed by atoms with Crippen LogP contribution in [-0.4, -0.2) is 18.2 Å². The Morgan fingerprint density at radius 1 is 1.25 bits per heavy atom. The second-order valence-corrected chi connectivity index (χ2v) is 6.79. The van der Waals surface area contributed by atoms with E-state index in [2.05, 4.69) is 10.6 Å². The average Bonchev–Trinajstić information content (AvgIpc) is 2.61. The van der Waals surface area contributed by atoms with E-state index >= 15 is 0 Å². The molecule has 1 heterocycles. The number of halogens is 1. The predicted molar refractivity (Wildman–Crippen MR) is 95.4 cm³/mol. The summed E-state index contributed by atoms with van der Waals surface area (Å²) in [5.41, 5.74) is 2.04. The number of thioether (sulfide) groups is 1. The fourth-order valence-electron chi connectivity index (χ4n) is 3.12. The molecule has 126 valence electrons. The average molecular weight is 344 g/mol. The Bertz CT molecular complexity index is 708. The minimum absolute atomic E-state index is 0.0567. The van der Waals surface area contributed by atoms with Crippen LogP contribution >= 0.6 is 11.8 Å². The molecule has 1 aliphatic heterocycles. The van der Waals surface area contributed by atoms with Gasteiger partial charge in [0.25, 0.3) is 0 Å². The van der Waals surface area contributed by atoms with Gasteiger partial charge in [0.2, 0.25) is 5.91 Å². The van der Waals surface area contributed by atoms with Crippen LogP contribution in [0.15, 0.2) is 53.4 Å². The minimum Gasteiger partial charge on any atom is -0.348 e. The normalized spacial score (nSPS) is 20.7. The number of benzene rings is 2. The standard InChI is InChI=1S/C19H21FN2OS/c1-24-17-9-7-15(20)11-14(17)12-21-16-8-10-18(23)22-19(16)13-5-3-2-4-6-13/h2-7,9,11,16,19,21H,8,10,12H2,1H3,(H,22,23)/t16-,19-/m1/s1. The van der Waals surface area contributed by atoms with Crippen LogP contribution < -0.4 is 10.6 Å². The Kier molecular flexibility index (Phi) is 5.53. The third-order valence-corrected chi connectivity index (χ3v) is 5.20. The molecule has 5 heteroatoms. The Labute approximate surface area is 146 Å². The molecule has 0 saturated carbocycles. The molecule has 3 nitrogen and oxygen atoms in total. The lowest BCUT2D eigenvalue weighted by Crippen LogP contribution is -2.48. The lowest BCUT2D eigenvalue weighted by atomic mass is 9.92. The molecule has 0 aromatic heterocycles. The van der Waals surface area contributed by atoms with E-state index in [0.717, 1.165) is 22.4 Å². The van der Waals surface area contributed by atoms with Crippen molar-refractivity contribution in [3.63, 3.8) is 0 Å². The van der Waals surface area contributed by atoms with Crippen LogP contribution in [0.5, 0.6) is 0 Å². The van der Waals surface area contributed by atoms with Crippen LogP contribution in [0.3, 0.4) is 0 Å². The smallest absolute Gasteiger partial charge is 0.220 e. The van der Waals surface area contributed by atoms with Gasteiger partial charge in [-0.1, -0.05) is 30.3 Å². The van der Waals surface area contributed by atoms with Gasteiger partial charge in [-0.15, -0.1) is 11.8 Å². The van der Waals surface area contributed by atoms with E-state index in [1.807, 2.05) is 42.7 Å². The molecule has 1 amide bonds. The number of carbonyl (C=O) groups is 1. The molecule has 0 aliphatic carbocycles. The molecule has 0 unspecified atom stereocenters. The fourth-order valence-corrected chi connectivity index (χ4v) is 3.72. The molecule has 2 atom stereocenters. The zero-order valence-corrected chi connectivity index (χ0v) is 14.4. The Balaban J connectivity index is 1.75. The number of nitrogens with one attached hydrogen (secondary N) is 2. The van der Waals surface area contributed by atoms with Gasteiger partial charge in [0, 0.05) is 23.9 Å². The molecule has 2 aromatic rings. The number of hydrogen-bond donors (Lipinski definition) is 2. The Morgan fingerprint density at radius 3 is 2.79 bits per heavy atom. The van der Waals surface area contributed by atoms with Crippen LogP contribution in [0.1, 0.15) is 30.0 Å². The van der Waals surface area contributed by atoms with Gasteiger partial charge < -0.3 is 10.6 Å². The van der Waals surface area contributed by atoms with Gasteiger partial charge in [-0.2, -0.15) is 0 Å². The molecular formula is C19H21FN2OS. The number of rotatable bonds is 5. The summed E-state index contributed by atoms with van der Waals surface area (Å²) in [6.45, 7) is 0.581. The van der Waals surface area contributed by atoms with E-state index in [4.69, 9.17) is 0 Å². The highest BCUT2D eigenvalue weighted by molar-refractivity contribution is 7.98. The summed E-state index contributed by atoms with van der Waals surface area (Å²) in [4.78, 5) is 12.9. The molecule has 1 fully saturated rings. The first-order valence-electron chi connectivity index (χ1n) is 8.07. The van der Waals surface area contributed by atoms with Crippen molar-refractivity contribution in [2.45, 2.75) is 36.4 Å². The molecule has 2 aromatic carbocycles. The van der Waals surface area contributed by atoms with Gasteiger partial charge in [-0.25, -0.2) is 4.39 Å². The maximum absolute atomic E-state index is 13.5. The summed E-state index contributed by atoms with van der Waals surface area (Å²) in [5.74, 6) is -0.140. The molecular weight excluding hydrogens is 323 g/mol. The van der Waals surface area contributed by atoms with Crippen molar-refractivity contribution in [3.8, 4) is 0 Å². The van der Waals surface area contributed by atoms with Gasteiger partial charge in [0.1, 0.15) is 5.82 Å². The van der Waals surface area contributed by atoms with Gasteiger partial charge in [0.15, 0.2) is 0 Å². The summed E-state index contributed by atoms with van der Waals surface area (Å²) >= 11 is 1.61. The quantitative estimate of drug-likeness (QED) is 0.814. The van der Waals surface area contributed by atoms with Crippen molar-refractivity contribution in [2.24, 2.45) is 0 Å². The predicted octanol–water partition coefficient (Wildman–Crippen LogP) is 3.66. The van der Waals surface area contributed by atoms with E-state index < -0.39 is 0 Å². The van der Waals surface area contributed by atoms with E-state index in [-0.39, 0.29) is 23.8 Å². The summed E-state index contributed by atoms with van der Waals surface area (Å²) in [6, 6.07) is 14.9. The number of amides is 1. The van der Waals surface area contributed by atoms with Crippen molar-refractivity contribution in [2.75, 3.05) is 6.26 Å². The molecule has 0 radical (unpaired) electrons. The molecule has 0 spiro atoms. The Morgan fingerprint density at radius 2 is 2.04 bits per heavy atom. The van der Waals surface area contributed by atoms with Gasteiger partial charge in [-0.3, -0.25) is 4.79 Å². The number of hydrogen-bond acceptors (Lipinski definition) is 3. The molecule has 1 aliphatic rings. The Hall–Kier alpha value is -1.85. The van der Waals surface area contributed by atoms with Crippen LogP contribution in [0, 0.1) is 5.82 Å². The molecule has 2 N–H and O–H groups in total. The molecule has 0 bridgehead atoms.